The highest BCUT2D eigenvalue weighted by molar-refractivity contribution is 4.92. The first-order valence-electron chi connectivity index (χ1n) is 6.18. The summed E-state index contributed by atoms with van der Waals surface area (Å²) in [6.45, 7) is 6.32. The monoisotopic (exact) mass is 196 g/mol. The SMILES string of the molecule is CCC1(CN2CCC(NC)C2)CCC1. The topological polar surface area (TPSA) is 15.3 Å². The summed E-state index contributed by atoms with van der Waals surface area (Å²) in [7, 11) is 2.09. The van der Waals surface area contributed by atoms with Gasteiger partial charge >= 0.3 is 0 Å². The summed E-state index contributed by atoms with van der Waals surface area (Å²) in [6.07, 6.45) is 7.15. The van der Waals surface area contributed by atoms with Gasteiger partial charge in [0.15, 0.2) is 0 Å². The van der Waals surface area contributed by atoms with Crippen molar-refractivity contribution in [3.63, 3.8) is 0 Å². The Morgan fingerprint density at radius 3 is 2.64 bits per heavy atom. The molecule has 1 N–H and O–H groups in total. The van der Waals surface area contributed by atoms with E-state index in [0.717, 1.165) is 6.04 Å². The zero-order valence-corrected chi connectivity index (χ0v) is 9.68. The van der Waals surface area contributed by atoms with Crippen LogP contribution in [0.1, 0.15) is 39.0 Å². The van der Waals surface area contributed by atoms with Crippen molar-refractivity contribution in [2.45, 2.75) is 45.1 Å². The molecule has 2 rings (SSSR count). The molecule has 82 valence electrons. The fourth-order valence-electron chi connectivity index (χ4n) is 2.99. The van der Waals surface area contributed by atoms with E-state index in [0.29, 0.717) is 5.41 Å². The molecule has 0 amide bonds. The molecule has 0 aromatic heterocycles. The van der Waals surface area contributed by atoms with E-state index in [4.69, 9.17) is 0 Å². The lowest BCUT2D eigenvalue weighted by Crippen LogP contribution is -2.42. The molecule has 1 saturated carbocycles. The van der Waals surface area contributed by atoms with Crippen LogP contribution in [0.5, 0.6) is 0 Å². The third-order valence-corrected chi connectivity index (χ3v) is 4.40. The van der Waals surface area contributed by atoms with Crippen LogP contribution >= 0.6 is 0 Å². The first-order chi connectivity index (χ1) is 6.78. The van der Waals surface area contributed by atoms with Gasteiger partial charge < -0.3 is 10.2 Å². The van der Waals surface area contributed by atoms with Crippen LogP contribution in [-0.4, -0.2) is 37.6 Å². The molecule has 1 atom stereocenters. The lowest BCUT2D eigenvalue weighted by Gasteiger charge is -2.44. The Morgan fingerprint density at radius 2 is 2.21 bits per heavy atom. The van der Waals surface area contributed by atoms with E-state index in [-0.39, 0.29) is 0 Å². The maximum absolute atomic E-state index is 3.39. The molecule has 14 heavy (non-hydrogen) atoms. The van der Waals surface area contributed by atoms with Crippen molar-refractivity contribution in [1.29, 1.82) is 0 Å². The smallest absolute Gasteiger partial charge is 0.0204 e. The second-order valence-electron chi connectivity index (χ2n) is 5.22. The summed E-state index contributed by atoms with van der Waals surface area (Å²) >= 11 is 0. The second-order valence-corrected chi connectivity index (χ2v) is 5.22. The fraction of sp³-hybridized carbons (Fsp3) is 1.00. The van der Waals surface area contributed by atoms with Crippen LogP contribution in [0.25, 0.3) is 0 Å². The highest BCUT2D eigenvalue weighted by Gasteiger charge is 2.37. The minimum atomic E-state index is 0.711. The standard InChI is InChI=1S/C12H24N2/c1-3-12(6-4-7-12)10-14-8-5-11(9-14)13-2/h11,13H,3-10H2,1-2H3. The molecule has 1 heterocycles. The highest BCUT2D eigenvalue weighted by atomic mass is 15.2. The van der Waals surface area contributed by atoms with Crippen LogP contribution in [-0.2, 0) is 0 Å². The van der Waals surface area contributed by atoms with E-state index in [1.54, 1.807) is 0 Å². The molecule has 0 aromatic carbocycles. The molecule has 1 aliphatic heterocycles. The molecule has 1 aliphatic carbocycles. The molecular formula is C12H24N2. The highest BCUT2D eigenvalue weighted by Crippen LogP contribution is 2.44. The predicted octanol–water partition coefficient (Wildman–Crippen LogP) is 1.86. The van der Waals surface area contributed by atoms with E-state index in [9.17, 15) is 0 Å². The Morgan fingerprint density at radius 1 is 1.43 bits per heavy atom. The van der Waals surface area contributed by atoms with Gasteiger partial charge in [0.2, 0.25) is 0 Å². The van der Waals surface area contributed by atoms with Crippen LogP contribution in [0.2, 0.25) is 0 Å². The van der Waals surface area contributed by atoms with Crippen molar-refractivity contribution in [2.75, 3.05) is 26.7 Å². The van der Waals surface area contributed by atoms with Crippen molar-refractivity contribution in [2.24, 2.45) is 5.41 Å². The Bertz CT molecular complexity index is 181. The van der Waals surface area contributed by atoms with Crippen molar-refractivity contribution < 1.29 is 0 Å². The number of rotatable bonds is 4. The van der Waals surface area contributed by atoms with Gasteiger partial charge in [-0.3, -0.25) is 0 Å². The van der Waals surface area contributed by atoms with Crippen molar-refractivity contribution >= 4 is 0 Å². The first-order valence-corrected chi connectivity index (χ1v) is 6.18. The van der Waals surface area contributed by atoms with Crippen LogP contribution < -0.4 is 5.32 Å². The van der Waals surface area contributed by atoms with Crippen LogP contribution in [0.3, 0.4) is 0 Å². The first kappa shape index (κ1) is 10.4. The molecule has 0 spiro atoms. The minimum Gasteiger partial charge on any atom is -0.316 e. The van der Waals surface area contributed by atoms with Crippen molar-refractivity contribution in [3.8, 4) is 0 Å². The maximum atomic E-state index is 3.39. The van der Waals surface area contributed by atoms with Gasteiger partial charge in [-0.1, -0.05) is 13.3 Å². The van der Waals surface area contributed by atoms with Gasteiger partial charge in [-0.05, 0) is 44.7 Å². The van der Waals surface area contributed by atoms with Gasteiger partial charge in [-0.2, -0.15) is 0 Å². The quantitative estimate of drug-likeness (QED) is 0.738. The molecular weight excluding hydrogens is 172 g/mol. The average Bonchev–Trinajstić information content (AvgIpc) is 2.59. The minimum absolute atomic E-state index is 0.711. The van der Waals surface area contributed by atoms with E-state index in [1.807, 2.05) is 0 Å². The summed E-state index contributed by atoms with van der Waals surface area (Å²) in [5.74, 6) is 0. The number of likely N-dealkylation sites (tertiary alicyclic amines) is 1. The molecule has 2 nitrogen and oxygen atoms in total. The zero-order chi connectivity index (χ0) is 10.0. The Kier molecular flexibility index (Phi) is 3.13. The van der Waals surface area contributed by atoms with Crippen molar-refractivity contribution in [3.05, 3.63) is 0 Å². The normalized spacial score (nSPS) is 31.7. The van der Waals surface area contributed by atoms with E-state index in [2.05, 4.69) is 24.2 Å². The summed E-state index contributed by atoms with van der Waals surface area (Å²) < 4.78 is 0. The van der Waals surface area contributed by atoms with E-state index < -0.39 is 0 Å². The fourth-order valence-corrected chi connectivity index (χ4v) is 2.99. The molecule has 0 aromatic rings. The summed E-state index contributed by atoms with van der Waals surface area (Å²) in [4.78, 5) is 2.67. The van der Waals surface area contributed by atoms with Gasteiger partial charge in [0.1, 0.15) is 0 Å². The van der Waals surface area contributed by atoms with E-state index in [1.165, 1.54) is 51.7 Å². The Balaban J connectivity index is 1.80. The lowest BCUT2D eigenvalue weighted by atomic mass is 9.67. The third kappa shape index (κ3) is 1.96. The molecule has 1 unspecified atom stereocenters. The maximum Gasteiger partial charge on any atom is 0.0204 e. The number of likely N-dealkylation sites (N-methyl/N-ethyl adjacent to an activating group) is 1. The average molecular weight is 196 g/mol. The summed E-state index contributed by atoms with van der Waals surface area (Å²) in [5, 5.41) is 3.39. The lowest BCUT2D eigenvalue weighted by molar-refractivity contribution is 0.0724. The second kappa shape index (κ2) is 4.19. The molecule has 0 radical (unpaired) electrons. The third-order valence-electron chi connectivity index (χ3n) is 4.40. The Hall–Kier alpha value is -0.0800. The predicted molar refractivity (Wildman–Crippen MR) is 60.5 cm³/mol. The summed E-state index contributed by atoms with van der Waals surface area (Å²) in [5.41, 5.74) is 0.711. The number of nitrogens with zero attached hydrogens (tertiary/aromatic N) is 1. The van der Waals surface area contributed by atoms with Gasteiger partial charge in [0, 0.05) is 19.1 Å². The molecule has 2 aliphatic rings. The molecule has 2 fully saturated rings. The van der Waals surface area contributed by atoms with Crippen LogP contribution in [0.4, 0.5) is 0 Å². The van der Waals surface area contributed by atoms with Gasteiger partial charge in [0.25, 0.3) is 0 Å². The molecule has 2 heteroatoms. The van der Waals surface area contributed by atoms with Gasteiger partial charge in [-0.15, -0.1) is 0 Å². The van der Waals surface area contributed by atoms with Crippen LogP contribution in [0.15, 0.2) is 0 Å². The number of hydrogen-bond acceptors (Lipinski definition) is 2. The largest absolute Gasteiger partial charge is 0.316 e. The zero-order valence-electron chi connectivity index (χ0n) is 9.68. The summed E-state index contributed by atoms with van der Waals surface area (Å²) in [6, 6.07) is 0.754. The van der Waals surface area contributed by atoms with E-state index >= 15 is 0 Å². The van der Waals surface area contributed by atoms with Crippen molar-refractivity contribution in [1.82, 2.24) is 10.2 Å². The molecule has 0 bridgehead atoms. The number of nitrogens with one attached hydrogen (secondary N) is 1. The Labute approximate surface area is 88.1 Å². The van der Waals surface area contributed by atoms with Crippen LogP contribution in [0, 0.1) is 5.41 Å². The number of hydrogen-bond donors (Lipinski definition) is 1. The van der Waals surface area contributed by atoms with Gasteiger partial charge in [0.05, 0.1) is 0 Å². The molecule has 1 saturated heterocycles. The van der Waals surface area contributed by atoms with Gasteiger partial charge in [-0.25, -0.2) is 0 Å².